The number of nitrogens with one attached hydrogen (secondary N) is 2. The van der Waals surface area contributed by atoms with Crippen molar-refractivity contribution in [1.82, 2.24) is 0 Å². The van der Waals surface area contributed by atoms with Gasteiger partial charge in [-0.15, -0.1) is 0 Å². The van der Waals surface area contributed by atoms with Crippen molar-refractivity contribution in [2.75, 3.05) is 23.8 Å². The molecule has 0 fully saturated rings. The lowest BCUT2D eigenvalue weighted by molar-refractivity contribution is -0.116. The maximum atomic E-state index is 12.3. The van der Waals surface area contributed by atoms with E-state index < -0.39 is 6.04 Å². The third-order valence-corrected chi connectivity index (χ3v) is 4.06. The molecular formula is C17H16Cl2N2O3. The van der Waals surface area contributed by atoms with Crippen molar-refractivity contribution >= 4 is 40.5 Å². The van der Waals surface area contributed by atoms with Gasteiger partial charge in [-0.3, -0.25) is 4.79 Å². The SMILES string of the molecule is C[C@@H](Nc1ccc2c(c1)OCCO2)C(=O)Nc1ccc(Cl)cc1Cl. The van der Waals surface area contributed by atoms with E-state index in [1.165, 1.54) is 0 Å². The summed E-state index contributed by atoms with van der Waals surface area (Å²) >= 11 is 11.9. The van der Waals surface area contributed by atoms with E-state index in [4.69, 9.17) is 32.7 Å². The minimum Gasteiger partial charge on any atom is -0.486 e. The molecule has 3 rings (SSSR count). The smallest absolute Gasteiger partial charge is 0.246 e. The molecule has 24 heavy (non-hydrogen) atoms. The molecule has 1 heterocycles. The predicted octanol–water partition coefficient (Wildman–Crippen LogP) is 4.20. The molecule has 2 aromatic carbocycles. The van der Waals surface area contributed by atoms with Crippen LogP contribution in [0.3, 0.4) is 0 Å². The Morgan fingerprint density at radius 2 is 1.83 bits per heavy atom. The second-order valence-corrected chi connectivity index (χ2v) is 6.18. The average molecular weight is 367 g/mol. The highest BCUT2D eigenvalue weighted by Crippen LogP contribution is 2.33. The van der Waals surface area contributed by atoms with E-state index in [2.05, 4.69) is 10.6 Å². The van der Waals surface area contributed by atoms with Crippen LogP contribution in [0.15, 0.2) is 36.4 Å². The predicted molar refractivity (Wildman–Crippen MR) is 95.6 cm³/mol. The Morgan fingerprint density at radius 3 is 2.58 bits per heavy atom. The highest BCUT2D eigenvalue weighted by Gasteiger charge is 2.17. The molecule has 0 unspecified atom stereocenters. The molecule has 1 aliphatic heterocycles. The fourth-order valence-electron chi connectivity index (χ4n) is 2.28. The molecule has 0 aromatic heterocycles. The minimum atomic E-state index is -0.473. The van der Waals surface area contributed by atoms with Crippen LogP contribution in [0.25, 0.3) is 0 Å². The summed E-state index contributed by atoms with van der Waals surface area (Å²) in [5.74, 6) is 1.16. The molecule has 0 bridgehead atoms. The molecule has 1 atom stereocenters. The topological polar surface area (TPSA) is 59.6 Å². The Bertz CT molecular complexity index is 767. The normalized spacial score (nSPS) is 14.0. The van der Waals surface area contributed by atoms with Gasteiger partial charge in [-0.25, -0.2) is 0 Å². The summed E-state index contributed by atoms with van der Waals surface area (Å²) in [5.41, 5.74) is 1.28. The molecule has 2 N–H and O–H groups in total. The van der Waals surface area contributed by atoms with Crippen molar-refractivity contribution in [2.45, 2.75) is 13.0 Å². The first-order valence-corrected chi connectivity index (χ1v) is 8.20. The van der Waals surface area contributed by atoms with Gasteiger partial charge in [0, 0.05) is 16.8 Å². The molecule has 7 heteroatoms. The van der Waals surface area contributed by atoms with Crippen LogP contribution in [0.5, 0.6) is 11.5 Å². The van der Waals surface area contributed by atoms with E-state index in [-0.39, 0.29) is 5.91 Å². The lowest BCUT2D eigenvalue weighted by Crippen LogP contribution is -2.32. The third kappa shape index (κ3) is 3.86. The Hall–Kier alpha value is -2.11. The van der Waals surface area contributed by atoms with Crippen LogP contribution in [0.1, 0.15) is 6.92 Å². The number of hydrogen-bond donors (Lipinski definition) is 2. The van der Waals surface area contributed by atoms with Crippen molar-refractivity contribution in [1.29, 1.82) is 0 Å². The van der Waals surface area contributed by atoms with Gasteiger partial charge in [-0.1, -0.05) is 23.2 Å². The maximum absolute atomic E-state index is 12.3. The van der Waals surface area contributed by atoms with E-state index in [0.717, 1.165) is 5.69 Å². The quantitative estimate of drug-likeness (QED) is 0.850. The number of benzene rings is 2. The Balaban J connectivity index is 1.65. The number of carbonyl (C=O) groups excluding carboxylic acids is 1. The standard InChI is InChI=1S/C17H16Cl2N2O3/c1-10(17(22)21-14-4-2-11(18)8-13(14)19)20-12-3-5-15-16(9-12)24-7-6-23-15/h2-5,8-10,20H,6-7H2,1H3,(H,21,22)/t10-/m1/s1. The second kappa shape index (κ2) is 7.20. The fourth-order valence-corrected chi connectivity index (χ4v) is 2.74. The van der Waals surface area contributed by atoms with E-state index in [1.54, 1.807) is 25.1 Å². The van der Waals surface area contributed by atoms with Gasteiger partial charge in [-0.05, 0) is 37.3 Å². The van der Waals surface area contributed by atoms with Crippen molar-refractivity contribution in [3.63, 3.8) is 0 Å². The van der Waals surface area contributed by atoms with E-state index in [9.17, 15) is 4.79 Å². The Kier molecular flexibility index (Phi) is 5.02. The van der Waals surface area contributed by atoms with Crippen molar-refractivity contribution in [2.24, 2.45) is 0 Å². The molecular weight excluding hydrogens is 351 g/mol. The summed E-state index contributed by atoms with van der Waals surface area (Å²) in [6, 6.07) is 9.91. The van der Waals surface area contributed by atoms with Gasteiger partial charge in [0.15, 0.2) is 11.5 Å². The second-order valence-electron chi connectivity index (χ2n) is 5.34. The lowest BCUT2D eigenvalue weighted by Gasteiger charge is -2.20. The van der Waals surface area contributed by atoms with Gasteiger partial charge in [0.25, 0.3) is 0 Å². The number of amides is 1. The first-order chi connectivity index (χ1) is 11.5. The molecule has 0 saturated heterocycles. The molecule has 0 saturated carbocycles. The third-order valence-electron chi connectivity index (χ3n) is 3.51. The highest BCUT2D eigenvalue weighted by atomic mass is 35.5. The van der Waals surface area contributed by atoms with Crippen LogP contribution in [0, 0.1) is 0 Å². The summed E-state index contributed by atoms with van der Waals surface area (Å²) in [4.78, 5) is 12.3. The molecule has 0 spiro atoms. The summed E-state index contributed by atoms with van der Waals surface area (Å²) in [6.07, 6.45) is 0. The van der Waals surface area contributed by atoms with Gasteiger partial charge >= 0.3 is 0 Å². The van der Waals surface area contributed by atoms with E-state index in [0.29, 0.717) is 40.4 Å². The Morgan fingerprint density at radius 1 is 1.08 bits per heavy atom. The summed E-state index contributed by atoms with van der Waals surface area (Å²) in [5, 5.41) is 6.80. The number of rotatable bonds is 4. The van der Waals surface area contributed by atoms with E-state index >= 15 is 0 Å². The average Bonchev–Trinajstić information content (AvgIpc) is 2.57. The molecule has 1 amide bonds. The zero-order valence-electron chi connectivity index (χ0n) is 12.9. The van der Waals surface area contributed by atoms with Crippen molar-refractivity contribution in [3.8, 4) is 11.5 Å². The van der Waals surface area contributed by atoms with E-state index in [1.807, 2.05) is 18.2 Å². The minimum absolute atomic E-state index is 0.214. The van der Waals surface area contributed by atoms with Gasteiger partial charge in [0.1, 0.15) is 19.3 Å². The first kappa shape index (κ1) is 16.7. The zero-order chi connectivity index (χ0) is 17.1. The lowest BCUT2D eigenvalue weighted by atomic mass is 10.2. The van der Waals surface area contributed by atoms with Gasteiger partial charge in [0.2, 0.25) is 5.91 Å². The number of hydrogen-bond acceptors (Lipinski definition) is 4. The van der Waals surface area contributed by atoms with Crippen molar-refractivity contribution in [3.05, 3.63) is 46.4 Å². The van der Waals surface area contributed by atoms with Crippen LogP contribution >= 0.6 is 23.2 Å². The maximum Gasteiger partial charge on any atom is 0.246 e. The molecule has 0 aliphatic carbocycles. The molecule has 0 radical (unpaired) electrons. The number of ether oxygens (including phenoxy) is 2. The first-order valence-electron chi connectivity index (χ1n) is 7.45. The number of fused-ring (bicyclic) bond motifs is 1. The molecule has 2 aromatic rings. The monoisotopic (exact) mass is 366 g/mol. The van der Waals surface area contributed by atoms with Crippen molar-refractivity contribution < 1.29 is 14.3 Å². The number of anilines is 2. The largest absolute Gasteiger partial charge is 0.486 e. The van der Waals surface area contributed by atoms with Crippen LogP contribution < -0.4 is 20.1 Å². The van der Waals surface area contributed by atoms with Crippen LogP contribution in [-0.4, -0.2) is 25.2 Å². The van der Waals surface area contributed by atoms with Gasteiger partial charge < -0.3 is 20.1 Å². The number of halogens is 2. The van der Waals surface area contributed by atoms with Gasteiger partial charge in [0.05, 0.1) is 10.7 Å². The number of carbonyl (C=O) groups is 1. The Labute approximate surface area is 149 Å². The fraction of sp³-hybridized carbons (Fsp3) is 0.235. The summed E-state index contributed by atoms with van der Waals surface area (Å²) in [6.45, 7) is 2.82. The zero-order valence-corrected chi connectivity index (χ0v) is 14.4. The molecule has 126 valence electrons. The van der Waals surface area contributed by atoms with Crippen LogP contribution in [0.4, 0.5) is 11.4 Å². The van der Waals surface area contributed by atoms with Crippen LogP contribution in [0.2, 0.25) is 10.0 Å². The highest BCUT2D eigenvalue weighted by molar-refractivity contribution is 6.36. The summed E-state index contributed by atoms with van der Waals surface area (Å²) < 4.78 is 11.0. The molecule has 1 aliphatic rings. The van der Waals surface area contributed by atoms with Crippen LogP contribution in [-0.2, 0) is 4.79 Å². The molecule has 5 nitrogen and oxygen atoms in total. The van der Waals surface area contributed by atoms with Gasteiger partial charge in [-0.2, -0.15) is 0 Å². The summed E-state index contributed by atoms with van der Waals surface area (Å²) in [7, 11) is 0.